The van der Waals surface area contributed by atoms with Gasteiger partial charge in [-0.3, -0.25) is 0 Å². The van der Waals surface area contributed by atoms with E-state index in [1.165, 1.54) is 6.07 Å². The van der Waals surface area contributed by atoms with E-state index in [9.17, 15) is 4.39 Å². The molecule has 19 heavy (non-hydrogen) atoms. The number of benzene rings is 1. The van der Waals surface area contributed by atoms with Crippen LogP contribution >= 0.6 is 11.6 Å². The van der Waals surface area contributed by atoms with Crippen LogP contribution < -0.4 is 5.73 Å². The van der Waals surface area contributed by atoms with Crippen LogP contribution in [-0.2, 0) is 6.42 Å². The number of rotatable bonds is 5. The largest absolute Gasteiger partial charge is 0.380 e. The Morgan fingerprint density at radius 3 is 2.79 bits per heavy atom. The maximum Gasteiger partial charge on any atom is 0.175 e. The molecule has 3 nitrogen and oxygen atoms in total. The monoisotopic (exact) mass is 282 g/mol. The number of aromatic nitrogens is 1. The molecule has 0 saturated carbocycles. The molecular weight excluding hydrogens is 267 g/mol. The molecule has 0 atom stereocenters. The van der Waals surface area contributed by atoms with Crippen molar-refractivity contribution in [2.75, 3.05) is 5.73 Å². The molecule has 0 amide bonds. The van der Waals surface area contributed by atoms with Crippen LogP contribution in [0.3, 0.4) is 0 Å². The number of nitrogen functional groups attached to an aromatic ring is 1. The first-order chi connectivity index (χ1) is 9.15. The summed E-state index contributed by atoms with van der Waals surface area (Å²) in [6.07, 6.45) is 3.80. The number of hydrogen-bond donors (Lipinski definition) is 1. The molecule has 5 heteroatoms. The fourth-order valence-electron chi connectivity index (χ4n) is 2.05. The Labute approximate surface area is 116 Å². The van der Waals surface area contributed by atoms with Gasteiger partial charge in [0, 0.05) is 12.0 Å². The number of anilines is 1. The summed E-state index contributed by atoms with van der Waals surface area (Å²) in [6, 6.07) is 4.54. The molecular formula is C14H16ClFN2O. The molecule has 0 spiro atoms. The van der Waals surface area contributed by atoms with E-state index in [-0.39, 0.29) is 11.4 Å². The Hall–Kier alpha value is -1.55. The lowest BCUT2D eigenvalue weighted by Crippen LogP contribution is -1.94. The smallest absolute Gasteiger partial charge is 0.175 e. The number of halogens is 2. The molecule has 2 N–H and O–H groups in total. The van der Waals surface area contributed by atoms with E-state index in [2.05, 4.69) is 12.1 Å². The van der Waals surface area contributed by atoms with Gasteiger partial charge in [-0.05, 0) is 18.6 Å². The predicted octanol–water partition coefficient (Wildman–Crippen LogP) is 4.45. The van der Waals surface area contributed by atoms with Crippen molar-refractivity contribution >= 4 is 17.4 Å². The van der Waals surface area contributed by atoms with E-state index in [1.807, 2.05) is 0 Å². The molecule has 0 radical (unpaired) electrons. The van der Waals surface area contributed by atoms with Gasteiger partial charge < -0.3 is 10.3 Å². The van der Waals surface area contributed by atoms with Crippen molar-refractivity contribution in [2.45, 2.75) is 32.6 Å². The highest BCUT2D eigenvalue weighted by molar-refractivity contribution is 6.33. The van der Waals surface area contributed by atoms with Gasteiger partial charge in [-0.1, -0.05) is 42.6 Å². The number of nitrogens with zero attached hydrogens (tertiary/aromatic N) is 1. The maximum atomic E-state index is 14.0. The van der Waals surface area contributed by atoms with Crippen molar-refractivity contribution in [3.05, 3.63) is 34.8 Å². The molecule has 2 aromatic rings. The fraction of sp³-hybridized carbons (Fsp3) is 0.357. The molecule has 1 aromatic carbocycles. The van der Waals surface area contributed by atoms with Crippen LogP contribution in [0.4, 0.5) is 10.2 Å². The third-order valence-electron chi connectivity index (χ3n) is 3.01. The second-order valence-electron chi connectivity index (χ2n) is 4.42. The number of hydrogen-bond acceptors (Lipinski definition) is 3. The molecule has 1 aromatic heterocycles. The minimum Gasteiger partial charge on any atom is -0.380 e. The van der Waals surface area contributed by atoms with Gasteiger partial charge in [0.2, 0.25) is 0 Å². The molecule has 0 aliphatic heterocycles. The van der Waals surface area contributed by atoms with Gasteiger partial charge in [0.05, 0.1) is 10.6 Å². The minimum atomic E-state index is -0.417. The van der Waals surface area contributed by atoms with Crippen molar-refractivity contribution in [3.63, 3.8) is 0 Å². The summed E-state index contributed by atoms with van der Waals surface area (Å²) >= 11 is 6.06. The van der Waals surface area contributed by atoms with Crippen LogP contribution in [0.15, 0.2) is 22.7 Å². The average molecular weight is 283 g/mol. The number of unbranched alkanes of at least 4 members (excludes halogenated alkanes) is 2. The molecule has 0 fully saturated rings. The first-order valence-corrected chi connectivity index (χ1v) is 6.71. The fourth-order valence-corrected chi connectivity index (χ4v) is 2.31. The van der Waals surface area contributed by atoms with Gasteiger partial charge in [0.1, 0.15) is 11.6 Å². The average Bonchev–Trinajstić information content (AvgIpc) is 2.72. The topological polar surface area (TPSA) is 52.0 Å². The molecule has 0 aliphatic rings. The lowest BCUT2D eigenvalue weighted by atomic mass is 10.0. The van der Waals surface area contributed by atoms with Crippen LogP contribution in [0.1, 0.15) is 31.9 Å². The standard InChI is InChI=1S/C14H16ClFN2O/c1-2-3-4-8-11-13(14(17)18-19-11)12-9(15)6-5-7-10(12)16/h5-7H,2-4,8H2,1H3,(H2,17,18). The lowest BCUT2D eigenvalue weighted by Gasteiger charge is -2.06. The summed E-state index contributed by atoms with van der Waals surface area (Å²) in [6.45, 7) is 2.11. The molecule has 1 heterocycles. The lowest BCUT2D eigenvalue weighted by molar-refractivity contribution is 0.382. The quantitative estimate of drug-likeness (QED) is 0.824. The summed E-state index contributed by atoms with van der Waals surface area (Å²) in [4.78, 5) is 0. The molecule has 0 bridgehead atoms. The predicted molar refractivity (Wildman–Crippen MR) is 74.5 cm³/mol. The van der Waals surface area contributed by atoms with E-state index in [4.69, 9.17) is 21.9 Å². The van der Waals surface area contributed by atoms with E-state index in [0.717, 1.165) is 19.3 Å². The van der Waals surface area contributed by atoms with Gasteiger partial charge in [0.15, 0.2) is 5.82 Å². The summed E-state index contributed by atoms with van der Waals surface area (Å²) < 4.78 is 19.2. The Balaban J connectivity index is 2.41. The second kappa shape index (κ2) is 6.06. The van der Waals surface area contributed by atoms with Crippen molar-refractivity contribution in [1.29, 1.82) is 0 Å². The normalized spacial score (nSPS) is 10.9. The highest BCUT2D eigenvalue weighted by atomic mass is 35.5. The van der Waals surface area contributed by atoms with Gasteiger partial charge in [0.25, 0.3) is 0 Å². The van der Waals surface area contributed by atoms with Crippen molar-refractivity contribution in [1.82, 2.24) is 5.16 Å². The minimum absolute atomic E-state index is 0.179. The molecule has 2 rings (SSSR count). The summed E-state index contributed by atoms with van der Waals surface area (Å²) in [5, 5.41) is 4.04. The van der Waals surface area contributed by atoms with Crippen LogP contribution in [-0.4, -0.2) is 5.16 Å². The van der Waals surface area contributed by atoms with Crippen molar-refractivity contribution < 1.29 is 8.91 Å². The van der Waals surface area contributed by atoms with E-state index in [1.54, 1.807) is 12.1 Å². The molecule has 102 valence electrons. The summed E-state index contributed by atoms with van der Waals surface area (Å²) in [5.41, 5.74) is 6.54. The number of aryl methyl sites for hydroxylation is 1. The Morgan fingerprint density at radius 1 is 1.32 bits per heavy atom. The summed E-state index contributed by atoms with van der Waals surface area (Å²) in [5.74, 6) is 0.357. The Bertz CT molecular complexity index is 548. The Kier molecular flexibility index (Phi) is 4.43. The summed E-state index contributed by atoms with van der Waals surface area (Å²) in [7, 11) is 0. The first kappa shape index (κ1) is 13.9. The van der Waals surface area contributed by atoms with Crippen LogP contribution in [0.5, 0.6) is 0 Å². The highest BCUT2D eigenvalue weighted by Crippen LogP contribution is 2.37. The molecule has 0 saturated heterocycles. The Morgan fingerprint density at radius 2 is 2.11 bits per heavy atom. The maximum absolute atomic E-state index is 14.0. The van der Waals surface area contributed by atoms with Gasteiger partial charge in [-0.15, -0.1) is 0 Å². The zero-order valence-corrected chi connectivity index (χ0v) is 11.5. The van der Waals surface area contributed by atoms with Crippen LogP contribution in [0.2, 0.25) is 5.02 Å². The second-order valence-corrected chi connectivity index (χ2v) is 4.83. The van der Waals surface area contributed by atoms with Gasteiger partial charge in [-0.2, -0.15) is 0 Å². The highest BCUT2D eigenvalue weighted by Gasteiger charge is 2.21. The first-order valence-electron chi connectivity index (χ1n) is 6.33. The van der Waals surface area contributed by atoms with E-state index in [0.29, 0.717) is 22.8 Å². The third kappa shape index (κ3) is 2.89. The van der Waals surface area contributed by atoms with Gasteiger partial charge >= 0.3 is 0 Å². The molecule has 0 unspecified atom stereocenters. The third-order valence-corrected chi connectivity index (χ3v) is 3.32. The molecule has 0 aliphatic carbocycles. The van der Waals surface area contributed by atoms with Gasteiger partial charge in [-0.25, -0.2) is 4.39 Å². The van der Waals surface area contributed by atoms with E-state index >= 15 is 0 Å². The van der Waals surface area contributed by atoms with Crippen molar-refractivity contribution in [2.24, 2.45) is 0 Å². The SMILES string of the molecule is CCCCCc1onc(N)c1-c1c(F)cccc1Cl. The van der Waals surface area contributed by atoms with Crippen LogP contribution in [0.25, 0.3) is 11.1 Å². The van der Waals surface area contributed by atoms with E-state index < -0.39 is 5.82 Å². The van der Waals surface area contributed by atoms with Crippen LogP contribution in [0, 0.1) is 5.82 Å². The van der Waals surface area contributed by atoms with Crippen molar-refractivity contribution in [3.8, 4) is 11.1 Å². The zero-order valence-electron chi connectivity index (χ0n) is 10.7. The zero-order chi connectivity index (χ0) is 13.8. The number of nitrogens with two attached hydrogens (primary N) is 1.